The molecule has 0 bridgehead atoms. The number of urea groups is 1. The maximum absolute atomic E-state index is 13.4. The molecule has 0 spiro atoms. The van der Waals surface area contributed by atoms with Gasteiger partial charge in [-0.3, -0.25) is 4.90 Å². The second-order valence-electron chi connectivity index (χ2n) is 8.92. The van der Waals surface area contributed by atoms with Crippen molar-refractivity contribution in [2.45, 2.75) is 33.7 Å². The van der Waals surface area contributed by atoms with Crippen molar-refractivity contribution in [1.82, 2.24) is 15.5 Å². The Bertz CT molecular complexity index is 1480. The molecule has 0 fully saturated rings. The van der Waals surface area contributed by atoms with Crippen molar-refractivity contribution in [3.63, 3.8) is 0 Å². The molecule has 1 unspecified atom stereocenters. The van der Waals surface area contributed by atoms with Gasteiger partial charge in [0.05, 0.1) is 23.9 Å². The van der Waals surface area contributed by atoms with Gasteiger partial charge in [-0.05, 0) is 92.9 Å². The van der Waals surface area contributed by atoms with E-state index in [0.29, 0.717) is 35.0 Å². The molecule has 0 aliphatic carbocycles. The van der Waals surface area contributed by atoms with Crippen LogP contribution in [-0.2, 0) is 0 Å². The molecule has 37 heavy (non-hydrogen) atoms. The summed E-state index contributed by atoms with van der Waals surface area (Å²) in [6, 6.07) is 18.5. The zero-order chi connectivity index (χ0) is 26.1. The second kappa shape index (κ2) is 9.89. The second-order valence-corrected chi connectivity index (χ2v) is 8.92. The van der Waals surface area contributed by atoms with Crippen molar-refractivity contribution in [2.24, 2.45) is 0 Å². The average Bonchev–Trinajstić information content (AvgIpc) is 3.37. The summed E-state index contributed by atoms with van der Waals surface area (Å²) >= 11 is 0. The zero-order valence-electron chi connectivity index (χ0n) is 21.1. The molecule has 0 saturated carbocycles. The minimum absolute atomic E-state index is 0.271. The van der Waals surface area contributed by atoms with Crippen LogP contribution in [0.4, 0.5) is 14.9 Å². The number of carbonyl (C=O) groups excluding carboxylic acids is 1. The van der Waals surface area contributed by atoms with Crippen LogP contribution >= 0.6 is 0 Å². The van der Waals surface area contributed by atoms with E-state index in [1.807, 2.05) is 64.1 Å². The van der Waals surface area contributed by atoms with Crippen LogP contribution in [0.2, 0.25) is 0 Å². The predicted octanol–water partition coefficient (Wildman–Crippen LogP) is 6.59. The number of ether oxygens (including phenoxy) is 1. The van der Waals surface area contributed by atoms with Crippen LogP contribution in [0.1, 0.15) is 42.5 Å². The van der Waals surface area contributed by atoms with Crippen LogP contribution in [0.15, 0.2) is 77.0 Å². The van der Waals surface area contributed by atoms with Gasteiger partial charge in [-0.15, -0.1) is 0 Å². The monoisotopic (exact) mass is 498 g/mol. The highest BCUT2D eigenvalue weighted by molar-refractivity contribution is 6.01. The van der Waals surface area contributed by atoms with Gasteiger partial charge in [0, 0.05) is 11.3 Å². The number of aryl methyl sites for hydroxylation is 2. The number of benzene rings is 3. The fourth-order valence-corrected chi connectivity index (χ4v) is 4.43. The number of allylic oxidation sites excluding steroid dienone is 1. The minimum atomic E-state index is -0.507. The molecular formula is C29H27FN4O3. The number of amides is 2. The van der Waals surface area contributed by atoms with E-state index < -0.39 is 6.04 Å². The maximum atomic E-state index is 13.4. The lowest BCUT2D eigenvalue weighted by molar-refractivity contribution is 0.244. The molecule has 1 aromatic heterocycles. The van der Waals surface area contributed by atoms with Gasteiger partial charge in [0.25, 0.3) is 5.89 Å². The van der Waals surface area contributed by atoms with Gasteiger partial charge in [0.15, 0.2) is 0 Å². The minimum Gasteiger partial charge on any atom is -0.494 e. The van der Waals surface area contributed by atoms with Crippen LogP contribution in [0.5, 0.6) is 5.75 Å². The molecule has 1 atom stereocenters. The Morgan fingerprint density at radius 1 is 1.00 bits per heavy atom. The molecule has 8 heteroatoms. The Morgan fingerprint density at radius 3 is 2.41 bits per heavy atom. The molecule has 1 aliphatic heterocycles. The topological polar surface area (TPSA) is 80.5 Å². The summed E-state index contributed by atoms with van der Waals surface area (Å²) < 4.78 is 24.7. The number of nitrogens with one attached hydrogen (secondary N) is 1. The van der Waals surface area contributed by atoms with Crippen LogP contribution in [-0.4, -0.2) is 22.8 Å². The lowest BCUT2D eigenvalue weighted by atomic mass is 9.92. The molecule has 5 rings (SSSR count). The maximum Gasteiger partial charge on any atom is 0.326 e. The van der Waals surface area contributed by atoms with E-state index in [2.05, 4.69) is 21.5 Å². The summed E-state index contributed by atoms with van der Waals surface area (Å²) in [6.45, 7) is 8.41. The third kappa shape index (κ3) is 4.70. The van der Waals surface area contributed by atoms with E-state index in [-0.39, 0.29) is 17.7 Å². The van der Waals surface area contributed by atoms with Crippen LogP contribution in [0.25, 0.3) is 17.0 Å². The molecule has 1 aliphatic rings. The normalized spacial score (nSPS) is 15.6. The van der Waals surface area contributed by atoms with Gasteiger partial charge < -0.3 is 14.6 Å². The first-order valence-corrected chi connectivity index (χ1v) is 12.1. The Kier molecular flexibility index (Phi) is 6.48. The molecule has 7 nitrogen and oxygen atoms in total. The molecule has 2 amide bonds. The fourth-order valence-electron chi connectivity index (χ4n) is 4.43. The van der Waals surface area contributed by atoms with E-state index in [0.717, 1.165) is 22.4 Å². The van der Waals surface area contributed by atoms with Crippen molar-refractivity contribution in [1.29, 1.82) is 0 Å². The third-order valence-corrected chi connectivity index (χ3v) is 6.51. The Balaban J connectivity index is 1.63. The van der Waals surface area contributed by atoms with E-state index >= 15 is 0 Å². The first kappa shape index (κ1) is 24.2. The van der Waals surface area contributed by atoms with Gasteiger partial charge in [-0.1, -0.05) is 23.4 Å². The van der Waals surface area contributed by atoms with Crippen molar-refractivity contribution in [3.05, 3.63) is 101 Å². The van der Waals surface area contributed by atoms with Gasteiger partial charge in [0.1, 0.15) is 11.6 Å². The van der Waals surface area contributed by atoms with E-state index in [9.17, 15) is 9.18 Å². The van der Waals surface area contributed by atoms with Crippen molar-refractivity contribution < 1.29 is 18.4 Å². The van der Waals surface area contributed by atoms with Crippen LogP contribution < -0.4 is 15.0 Å². The number of carbonyl (C=O) groups is 1. The summed E-state index contributed by atoms with van der Waals surface area (Å²) in [5.74, 6) is 0.982. The number of anilines is 1. The van der Waals surface area contributed by atoms with Crippen molar-refractivity contribution in [2.75, 3.05) is 11.5 Å². The summed E-state index contributed by atoms with van der Waals surface area (Å²) in [5.41, 5.74) is 5.80. The molecule has 4 aromatic rings. The molecule has 188 valence electrons. The lowest BCUT2D eigenvalue weighted by Gasteiger charge is -2.35. The highest BCUT2D eigenvalue weighted by atomic mass is 19.1. The first-order valence-electron chi connectivity index (χ1n) is 12.1. The smallest absolute Gasteiger partial charge is 0.326 e. The SMILES string of the molecule is CCOc1ccc(N2C(=O)NC(c3ccc(C)c(C)c3)C(c3nc(-c4ccc(F)cc4)no3)=C2C)cc1. The van der Waals surface area contributed by atoms with Gasteiger partial charge in [-0.2, -0.15) is 4.98 Å². The largest absolute Gasteiger partial charge is 0.494 e. The van der Waals surface area contributed by atoms with Crippen LogP contribution in [0, 0.1) is 19.7 Å². The number of rotatable bonds is 6. The highest BCUT2D eigenvalue weighted by Gasteiger charge is 2.36. The van der Waals surface area contributed by atoms with E-state index in [1.54, 1.807) is 17.0 Å². The molecular weight excluding hydrogens is 471 g/mol. The van der Waals surface area contributed by atoms with E-state index in [4.69, 9.17) is 9.26 Å². The van der Waals surface area contributed by atoms with Gasteiger partial charge in [0.2, 0.25) is 5.82 Å². The number of hydrogen-bond acceptors (Lipinski definition) is 5. The summed E-state index contributed by atoms with van der Waals surface area (Å²) in [7, 11) is 0. The summed E-state index contributed by atoms with van der Waals surface area (Å²) in [4.78, 5) is 19.7. The number of aromatic nitrogens is 2. The molecule has 1 N–H and O–H groups in total. The summed E-state index contributed by atoms with van der Waals surface area (Å²) in [5, 5.41) is 7.27. The molecule has 0 radical (unpaired) electrons. The summed E-state index contributed by atoms with van der Waals surface area (Å²) in [6.07, 6.45) is 0. The highest BCUT2D eigenvalue weighted by Crippen LogP contribution is 2.39. The predicted molar refractivity (Wildman–Crippen MR) is 140 cm³/mol. The lowest BCUT2D eigenvalue weighted by Crippen LogP contribution is -2.46. The van der Waals surface area contributed by atoms with E-state index in [1.165, 1.54) is 12.1 Å². The van der Waals surface area contributed by atoms with Crippen molar-refractivity contribution in [3.8, 4) is 17.1 Å². The van der Waals surface area contributed by atoms with Crippen LogP contribution in [0.3, 0.4) is 0 Å². The fraction of sp³-hybridized carbons (Fsp3) is 0.207. The third-order valence-electron chi connectivity index (χ3n) is 6.51. The Morgan fingerprint density at radius 2 is 1.73 bits per heavy atom. The molecule has 2 heterocycles. The van der Waals surface area contributed by atoms with Gasteiger partial charge >= 0.3 is 6.03 Å². The number of hydrogen-bond donors (Lipinski definition) is 1. The van der Waals surface area contributed by atoms with Gasteiger partial charge in [-0.25, -0.2) is 9.18 Å². The standard InChI is InChI=1S/C29H27FN4O3/c1-5-36-24-14-12-23(13-15-24)34-19(4)25(26(31-29(34)35)21-7-6-17(2)18(3)16-21)28-32-27(33-37-28)20-8-10-22(30)11-9-20/h6-16,26H,5H2,1-4H3,(H,31,35). The molecule has 0 saturated heterocycles. The zero-order valence-corrected chi connectivity index (χ0v) is 21.1. The Hall–Kier alpha value is -4.46. The first-order chi connectivity index (χ1) is 17.9. The number of nitrogens with zero attached hydrogens (tertiary/aromatic N) is 3. The quantitative estimate of drug-likeness (QED) is 0.324. The number of halogens is 1. The molecule has 3 aromatic carbocycles. The average molecular weight is 499 g/mol. The van der Waals surface area contributed by atoms with Crippen molar-refractivity contribution >= 4 is 17.3 Å². The Labute approximate surface area is 214 Å².